The fraction of sp³-hybridized carbons (Fsp3) is 0.304. The van der Waals surface area contributed by atoms with E-state index in [2.05, 4.69) is 15.4 Å². The Bertz CT molecular complexity index is 1140. The van der Waals surface area contributed by atoms with Crippen LogP contribution in [0.5, 0.6) is 0 Å². The van der Waals surface area contributed by atoms with Crippen molar-refractivity contribution in [2.75, 3.05) is 18.4 Å². The highest BCUT2D eigenvalue weighted by molar-refractivity contribution is 6.00. The monoisotopic (exact) mass is 459 g/mol. The van der Waals surface area contributed by atoms with Crippen LogP contribution < -0.4 is 5.32 Å². The molecule has 2 aromatic heterocycles. The second-order valence-electron chi connectivity index (χ2n) is 7.55. The fourth-order valence-electron chi connectivity index (χ4n) is 3.30. The third-order valence-electron chi connectivity index (χ3n) is 5.07. The SMILES string of the molecule is CCCN(CC(=O)Nc1ccccc1C)C(=O)c1cnn(-c2ccc(C(F)(F)F)cn2)c1C. The van der Waals surface area contributed by atoms with E-state index < -0.39 is 17.6 Å². The lowest BCUT2D eigenvalue weighted by atomic mass is 10.2. The molecule has 174 valence electrons. The first-order valence-corrected chi connectivity index (χ1v) is 10.3. The molecule has 0 unspecified atom stereocenters. The van der Waals surface area contributed by atoms with Crippen molar-refractivity contribution >= 4 is 17.5 Å². The molecule has 0 aliphatic heterocycles. The van der Waals surface area contributed by atoms with E-state index in [1.54, 1.807) is 13.0 Å². The highest BCUT2D eigenvalue weighted by Crippen LogP contribution is 2.29. The van der Waals surface area contributed by atoms with E-state index in [1.165, 1.54) is 21.8 Å². The number of halogens is 3. The van der Waals surface area contributed by atoms with Gasteiger partial charge in [-0.1, -0.05) is 25.1 Å². The Morgan fingerprint density at radius 3 is 2.42 bits per heavy atom. The molecule has 3 rings (SSSR count). The molecule has 2 amide bonds. The Balaban J connectivity index is 1.78. The molecule has 0 aliphatic carbocycles. The van der Waals surface area contributed by atoms with Crippen molar-refractivity contribution in [2.24, 2.45) is 0 Å². The van der Waals surface area contributed by atoms with Gasteiger partial charge in [0.05, 0.1) is 23.0 Å². The van der Waals surface area contributed by atoms with Crippen LogP contribution in [0, 0.1) is 13.8 Å². The van der Waals surface area contributed by atoms with E-state index in [4.69, 9.17) is 0 Å². The zero-order chi connectivity index (χ0) is 24.2. The molecule has 3 aromatic rings. The Labute approximate surface area is 189 Å². The first-order chi connectivity index (χ1) is 15.6. The van der Waals surface area contributed by atoms with E-state index >= 15 is 0 Å². The lowest BCUT2D eigenvalue weighted by molar-refractivity contribution is -0.137. The molecule has 0 saturated carbocycles. The number of hydrogen-bond acceptors (Lipinski definition) is 4. The number of nitrogens with one attached hydrogen (secondary N) is 1. The van der Waals surface area contributed by atoms with Crippen LogP contribution in [0.1, 0.15) is 40.5 Å². The summed E-state index contributed by atoms with van der Waals surface area (Å²) in [7, 11) is 0. The largest absolute Gasteiger partial charge is 0.417 e. The molecule has 0 saturated heterocycles. The normalized spacial score (nSPS) is 11.3. The Morgan fingerprint density at radius 1 is 1.09 bits per heavy atom. The van der Waals surface area contributed by atoms with Crippen molar-refractivity contribution in [1.29, 1.82) is 0 Å². The molecule has 0 atom stereocenters. The first kappa shape index (κ1) is 24.0. The van der Waals surface area contributed by atoms with Gasteiger partial charge in [0.25, 0.3) is 5.91 Å². The van der Waals surface area contributed by atoms with Crippen LogP contribution >= 0.6 is 0 Å². The maximum atomic E-state index is 13.2. The number of para-hydroxylation sites is 1. The fourth-order valence-corrected chi connectivity index (χ4v) is 3.30. The van der Waals surface area contributed by atoms with Crippen LogP contribution in [0.25, 0.3) is 5.82 Å². The minimum Gasteiger partial charge on any atom is -0.329 e. The maximum absolute atomic E-state index is 13.2. The molecule has 0 bridgehead atoms. The number of rotatable bonds is 7. The first-order valence-electron chi connectivity index (χ1n) is 10.3. The molecule has 2 heterocycles. The molecule has 1 aromatic carbocycles. The summed E-state index contributed by atoms with van der Waals surface area (Å²) in [5, 5.41) is 6.94. The minimum absolute atomic E-state index is 0.149. The number of aromatic nitrogens is 3. The summed E-state index contributed by atoms with van der Waals surface area (Å²) in [6.45, 7) is 5.59. The quantitative estimate of drug-likeness (QED) is 0.568. The number of amides is 2. The van der Waals surface area contributed by atoms with Crippen molar-refractivity contribution in [3.8, 4) is 5.82 Å². The zero-order valence-electron chi connectivity index (χ0n) is 18.5. The number of benzene rings is 1. The van der Waals surface area contributed by atoms with Gasteiger partial charge >= 0.3 is 6.18 Å². The lowest BCUT2D eigenvalue weighted by Gasteiger charge is -2.21. The highest BCUT2D eigenvalue weighted by Gasteiger charge is 2.31. The van der Waals surface area contributed by atoms with Gasteiger partial charge < -0.3 is 10.2 Å². The Hall–Kier alpha value is -3.69. The van der Waals surface area contributed by atoms with Crippen LogP contribution in [-0.2, 0) is 11.0 Å². The molecule has 0 fully saturated rings. The molecule has 33 heavy (non-hydrogen) atoms. The number of aryl methyl sites for hydroxylation is 1. The van der Waals surface area contributed by atoms with Gasteiger partial charge in [-0.2, -0.15) is 18.3 Å². The second-order valence-corrected chi connectivity index (χ2v) is 7.55. The van der Waals surface area contributed by atoms with Crippen molar-refractivity contribution in [3.05, 3.63) is 71.2 Å². The lowest BCUT2D eigenvalue weighted by Crippen LogP contribution is -2.38. The molecule has 0 aliphatic rings. The van der Waals surface area contributed by atoms with Crippen LogP contribution in [-0.4, -0.2) is 44.6 Å². The molecule has 0 radical (unpaired) electrons. The predicted octanol–water partition coefficient (Wildman–Crippen LogP) is 4.39. The van der Waals surface area contributed by atoms with Gasteiger partial charge in [-0.05, 0) is 44.0 Å². The van der Waals surface area contributed by atoms with Crippen molar-refractivity contribution < 1.29 is 22.8 Å². The number of hydrogen-bond donors (Lipinski definition) is 1. The number of anilines is 1. The standard InChI is InChI=1S/C23H24F3N5O2/c1-4-11-30(14-21(32)29-19-8-6-5-7-15(19)2)22(33)18-13-28-31(16(18)3)20-10-9-17(12-27-20)23(24,25)26/h5-10,12-13H,4,11,14H2,1-3H3,(H,29,32). The van der Waals surface area contributed by atoms with Crippen LogP contribution in [0.2, 0.25) is 0 Å². The van der Waals surface area contributed by atoms with Gasteiger partial charge in [0.2, 0.25) is 5.91 Å². The van der Waals surface area contributed by atoms with Gasteiger partial charge in [-0.25, -0.2) is 9.67 Å². The van der Waals surface area contributed by atoms with Gasteiger partial charge in [0, 0.05) is 18.4 Å². The Kier molecular flexibility index (Phi) is 7.15. The summed E-state index contributed by atoms with van der Waals surface area (Å²) in [5.41, 5.74) is 1.35. The third-order valence-corrected chi connectivity index (χ3v) is 5.07. The summed E-state index contributed by atoms with van der Waals surface area (Å²) in [6.07, 6.45) is -1.81. The Morgan fingerprint density at radius 2 is 1.82 bits per heavy atom. The van der Waals surface area contributed by atoms with E-state index in [0.29, 0.717) is 24.3 Å². The average Bonchev–Trinajstić information content (AvgIpc) is 3.15. The van der Waals surface area contributed by atoms with Crippen LogP contribution in [0.4, 0.5) is 18.9 Å². The van der Waals surface area contributed by atoms with E-state index in [9.17, 15) is 22.8 Å². The topological polar surface area (TPSA) is 80.1 Å². The predicted molar refractivity (Wildman–Crippen MR) is 117 cm³/mol. The summed E-state index contributed by atoms with van der Waals surface area (Å²) in [4.78, 5) is 31.0. The number of nitrogens with zero attached hydrogens (tertiary/aromatic N) is 4. The molecule has 10 heteroatoms. The van der Waals surface area contributed by atoms with E-state index in [0.717, 1.165) is 17.8 Å². The van der Waals surface area contributed by atoms with Crippen molar-refractivity contribution in [1.82, 2.24) is 19.7 Å². The average molecular weight is 459 g/mol. The third kappa shape index (κ3) is 5.57. The number of carbonyl (C=O) groups excluding carboxylic acids is 2. The van der Waals surface area contributed by atoms with Gasteiger partial charge in [0.15, 0.2) is 5.82 Å². The van der Waals surface area contributed by atoms with Crippen LogP contribution in [0.15, 0.2) is 48.8 Å². The van der Waals surface area contributed by atoms with Crippen molar-refractivity contribution in [2.45, 2.75) is 33.4 Å². The van der Waals surface area contributed by atoms with Gasteiger partial charge in [-0.15, -0.1) is 0 Å². The molecule has 7 nitrogen and oxygen atoms in total. The smallest absolute Gasteiger partial charge is 0.329 e. The summed E-state index contributed by atoms with van der Waals surface area (Å²) in [6, 6.07) is 9.43. The van der Waals surface area contributed by atoms with Gasteiger partial charge in [-0.3, -0.25) is 9.59 Å². The maximum Gasteiger partial charge on any atom is 0.417 e. The number of alkyl halides is 3. The molecule has 1 N–H and O–H groups in total. The molecular formula is C23H24F3N5O2. The van der Waals surface area contributed by atoms with E-state index in [1.807, 2.05) is 32.0 Å². The van der Waals surface area contributed by atoms with Crippen LogP contribution in [0.3, 0.4) is 0 Å². The number of pyridine rings is 1. The zero-order valence-corrected chi connectivity index (χ0v) is 18.5. The molecule has 0 spiro atoms. The molecular weight excluding hydrogens is 435 g/mol. The second kappa shape index (κ2) is 9.85. The summed E-state index contributed by atoms with van der Waals surface area (Å²) < 4.78 is 39.7. The minimum atomic E-state index is -4.49. The summed E-state index contributed by atoms with van der Waals surface area (Å²) >= 11 is 0. The van der Waals surface area contributed by atoms with E-state index in [-0.39, 0.29) is 23.8 Å². The van der Waals surface area contributed by atoms with Gasteiger partial charge in [0.1, 0.15) is 6.54 Å². The van der Waals surface area contributed by atoms with Crippen molar-refractivity contribution in [3.63, 3.8) is 0 Å². The summed E-state index contributed by atoms with van der Waals surface area (Å²) in [5.74, 6) is -0.577. The highest BCUT2D eigenvalue weighted by atomic mass is 19.4. The number of carbonyl (C=O) groups is 2.